The van der Waals surface area contributed by atoms with E-state index in [0.29, 0.717) is 16.3 Å². The highest BCUT2D eigenvalue weighted by molar-refractivity contribution is 7.09. The summed E-state index contributed by atoms with van der Waals surface area (Å²) in [6, 6.07) is 4.95. The Bertz CT molecular complexity index is 831. The number of benzene rings is 1. The van der Waals surface area contributed by atoms with Crippen LogP contribution in [0.5, 0.6) is 0 Å². The minimum atomic E-state index is -0.276. The zero-order valence-corrected chi connectivity index (χ0v) is 17.0. The standard InChI is InChI=1S/C19H23ClN4O2S/c1-12-22-15(11-27-12)10-24-7-5-13(6-8-24)18(25)23-14-3-4-17(20)16(9-14)19(26)21-2/h3-4,9,11,13H,5-8,10H2,1-2H3,(H,21,26)(H,23,25). The molecule has 2 amide bonds. The zero-order chi connectivity index (χ0) is 19.4. The van der Waals surface area contributed by atoms with Crippen molar-refractivity contribution in [1.82, 2.24) is 15.2 Å². The van der Waals surface area contributed by atoms with Crippen molar-refractivity contribution in [2.24, 2.45) is 5.92 Å². The van der Waals surface area contributed by atoms with Crippen LogP contribution in [0.3, 0.4) is 0 Å². The van der Waals surface area contributed by atoms with Crippen LogP contribution in [0.2, 0.25) is 5.02 Å². The molecule has 1 aliphatic heterocycles. The smallest absolute Gasteiger partial charge is 0.252 e. The number of piperidine rings is 1. The number of nitrogens with one attached hydrogen (secondary N) is 2. The van der Waals surface area contributed by atoms with Gasteiger partial charge in [-0.15, -0.1) is 11.3 Å². The number of carbonyl (C=O) groups excluding carboxylic acids is 2. The third kappa shape index (κ3) is 5.06. The molecular weight excluding hydrogens is 384 g/mol. The van der Waals surface area contributed by atoms with Gasteiger partial charge in [-0.05, 0) is 51.1 Å². The molecule has 0 unspecified atom stereocenters. The summed E-state index contributed by atoms with van der Waals surface area (Å²) < 4.78 is 0. The van der Waals surface area contributed by atoms with Crippen molar-refractivity contribution in [3.05, 3.63) is 44.9 Å². The average Bonchev–Trinajstić information content (AvgIpc) is 3.08. The summed E-state index contributed by atoms with van der Waals surface area (Å²) in [5.74, 6) is -0.316. The fourth-order valence-electron chi connectivity index (χ4n) is 3.22. The van der Waals surface area contributed by atoms with Crippen LogP contribution in [-0.4, -0.2) is 41.8 Å². The van der Waals surface area contributed by atoms with Gasteiger partial charge in [0.2, 0.25) is 5.91 Å². The molecule has 1 aliphatic rings. The molecule has 8 heteroatoms. The first kappa shape index (κ1) is 19.8. The van der Waals surface area contributed by atoms with Crippen molar-refractivity contribution in [2.45, 2.75) is 26.3 Å². The van der Waals surface area contributed by atoms with Gasteiger partial charge in [-0.1, -0.05) is 11.6 Å². The number of nitrogens with zero attached hydrogens (tertiary/aromatic N) is 2. The van der Waals surface area contributed by atoms with Gasteiger partial charge in [0.05, 0.1) is 21.3 Å². The quantitative estimate of drug-likeness (QED) is 0.798. The topological polar surface area (TPSA) is 74.3 Å². The number of anilines is 1. The molecule has 2 N–H and O–H groups in total. The average molecular weight is 407 g/mol. The van der Waals surface area contributed by atoms with E-state index in [2.05, 4.69) is 25.9 Å². The SMILES string of the molecule is CNC(=O)c1cc(NC(=O)C2CCN(Cc3csc(C)n3)CC2)ccc1Cl. The molecule has 2 aromatic rings. The fourth-order valence-corrected chi connectivity index (χ4v) is 4.03. The first-order chi connectivity index (χ1) is 13.0. The number of rotatable bonds is 5. The van der Waals surface area contributed by atoms with E-state index in [0.717, 1.165) is 43.2 Å². The first-order valence-corrected chi connectivity index (χ1v) is 10.2. The molecule has 0 atom stereocenters. The molecule has 0 bridgehead atoms. The predicted octanol–water partition coefficient (Wildman–Crippen LogP) is 3.32. The van der Waals surface area contributed by atoms with E-state index in [1.807, 2.05) is 6.92 Å². The summed E-state index contributed by atoms with van der Waals surface area (Å²) in [6.07, 6.45) is 1.62. The summed E-state index contributed by atoms with van der Waals surface area (Å²) in [5.41, 5.74) is 2.04. The van der Waals surface area contributed by atoms with Crippen molar-refractivity contribution < 1.29 is 9.59 Å². The molecule has 1 aromatic heterocycles. The lowest BCUT2D eigenvalue weighted by molar-refractivity contribution is -0.121. The summed E-state index contributed by atoms with van der Waals surface area (Å²) in [6.45, 7) is 4.60. The molecule has 1 aromatic carbocycles. The number of aryl methyl sites for hydroxylation is 1. The lowest BCUT2D eigenvalue weighted by Gasteiger charge is -2.30. The number of amides is 2. The Balaban J connectivity index is 1.54. The number of aromatic nitrogens is 1. The fraction of sp³-hybridized carbons (Fsp3) is 0.421. The second-order valence-electron chi connectivity index (χ2n) is 6.67. The Hall–Kier alpha value is -1.96. The molecule has 6 nitrogen and oxygen atoms in total. The van der Waals surface area contributed by atoms with Crippen molar-refractivity contribution in [1.29, 1.82) is 0 Å². The summed E-state index contributed by atoms with van der Waals surface area (Å²) in [7, 11) is 1.55. The monoisotopic (exact) mass is 406 g/mol. The van der Waals surface area contributed by atoms with E-state index < -0.39 is 0 Å². The maximum atomic E-state index is 12.6. The molecule has 1 saturated heterocycles. The Morgan fingerprint density at radius 2 is 2.07 bits per heavy atom. The minimum absolute atomic E-state index is 0.00988. The van der Waals surface area contributed by atoms with Crippen molar-refractivity contribution in [3.8, 4) is 0 Å². The Labute approximate surface area is 167 Å². The number of carbonyl (C=O) groups is 2. The van der Waals surface area contributed by atoms with Gasteiger partial charge < -0.3 is 10.6 Å². The van der Waals surface area contributed by atoms with Crippen LogP contribution in [-0.2, 0) is 11.3 Å². The lowest BCUT2D eigenvalue weighted by Crippen LogP contribution is -2.37. The molecule has 0 radical (unpaired) electrons. The largest absolute Gasteiger partial charge is 0.355 e. The predicted molar refractivity (Wildman–Crippen MR) is 108 cm³/mol. The van der Waals surface area contributed by atoms with Crippen molar-refractivity contribution >= 4 is 40.4 Å². The molecule has 2 heterocycles. The highest BCUT2D eigenvalue weighted by atomic mass is 35.5. The van der Waals surface area contributed by atoms with Crippen molar-refractivity contribution in [2.75, 3.05) is 25.5 Å². The number of likely N-dealkylation sites (tertiary alicyclic amines) is 1. The Morgan fingerprint density at radius 1 is 1.33 bits per heavy atom. The van der Waals surface area contributed by atoms with Gasteiger partial charge in [0, 0.05) is 30.6 Å². The molecular formula is C19H23ClN4O2S. The van der Waals surface area contributed by atoms with Gasteiger partial charge in [-0.25, -0.2) is 4.98 Å². The normalized spacial score (nSPS) is 15.5. The number of hydrogen-bond acceptors (Lipinski definition) is 5. The van der Waals surface area contributed by atoms with Gasteiger partial charge in [0.25, 0.3) is 5.91 Å². The van der Waals surface area contributed by atoms with Gasteiger partial charge in [-0.3, -0.25) is 14.5 Å². The van der Waals surface area contributed by atoms with Gasteiger partial charge >= 0.3 is 0 Å². The third-order valence-electron chi connectivity index (χ3n) is 4.72. The van der Waals surface area contributed by atoms with E-state index in [1.54, 1.807) is 36.6 Å². The maximum absolute atomic E-state index is 12.6. The molecule has 3 rings (SSSR count). The van der Waals surface area contributed by atoms with Crippen LogP contribution in [0, 0.1) is 12.8 Å². The number of halogens is 1. The van der Waals surface area contributed by atoms with Crippen LogP contribution in [0.25, 0.3) is 0 Å². The van der Waals surface area contributed by atoms with Crippen LogP contribution in [0.15, 0.2) is 23.6 Å². The summed E-state index contributed by atoms with van der Waals surface area (Å²) in [5, 5.41) is 9.00. The van der Waals surface area contributed by atoms with Gasteiger partial charge in [0.15, 0.2) is 0 Å². The second-order valence-corrected chi connectivity index (χ2v) is 8.14. The lowest BCUT2D eigenvalue weighted by atomic mass is 9.95. The maximum Gasteiger partial charge on any atom is 0.252 e. The minimum Gasteiger partial charge on any atom is -0.355 e. The molecule has 1 fully saturated rings. The highest BCUT2D eigenvalue weighted by Crippen LogP contribution is 2.24. The zero-order valence-electron chi connectivity index (χ0n) is 15.4. The van der Waals surface area contributed by atoms with Crippen LogP contribution >= 0.6 is 22.9 Å². The first-order valence-electron chi connectivity index (χ1n) is 8.92. The molecule has 0 aliphatic carbocycles. The molecule has 0 spiro atoms. The molecule has 144 valence electrons. The van der Waals surface area contributed by atoms with Crippen molar-refractivity contribution in [3.63, 3.8) is 0 Å². The van der Waals surface area contributed by atoms with Crippen LogP contribution in [0.4, 0.5) is 5.69 Å². The van der Waals surface area contributed by atoms with E-state index in [9.17, 15) is 9.59 Å². The van der Waals surface area contributed by atoms with E-state index >= 15 is 0 Å². The summed E-state index contributed by atoms with van der Waals surface area (Å²) >= 11 is 7.72. The van der Waals surface area contributed by atoms with E-state index in [4.69, 9.17) is 11.6 Å². The molecule has 0 saturated carbocycles. The Kier molecular flexibility index (Phi) is 6.46. The van der Waals surface area contributed by atoms with Crippen LogP contribution < -0.4 is 10.6 Å². The van der Waals surface area contributed by atoms with E-state index in [-0.39, 0.29) is 17.7 Å². The number of hydrogen-bond donors (Lipinski definition) is 2. The van der Waals surface area contributed by atoms with Crippen LogP contribution in [0.1, 0.15) is 33.9 Å². The summed E-state index contributed by atoms with van der Waals surface area (Å²) in [4.78, 5) is 31.3. The molecule has 27 heavy (non-hydrogen) atoms. The van der Waals surface area contributed by atoms with Gasteiger partial charge in [-0.2, -0.15) is 0 Å². The second kappa shape index (κ2) is 8.82. The third-order valence-corrected chi connectivity index (χ3v) is 5.87. The van der Waals surface area contributed by atoms with E-state index in [1.165, 1.54) is 0 Å². The highest BCUT2D eigenvalue weighted by Gasteiger charge is 2.25. The number of thiazole rings is 1. The Morgan fingerprint density at radius 3 is 2.70 bits per heavy atom. The van der Waals surface area contributed by atoms with Gasteiger partial charge in [0.1, 0.15) is 0 Å².